The number of nitrogens with one attached hydrogen (secondary N) is 1. The molecule has 1 amide bonds. The van der Waals surface area contributed by atoms with Gasteiger partial charge >= 0.3 is 0 Å². The quantitative estimate of drug-likeness (QED) is 0.913. The van der Waals surface area contributed by atoms with Gasteiger partial charge < -0.3 is 10.4 Å². The van der Waals surface area contributed by atoms with Crippen LogP contribution in [0.4, 0.5) is 0 Å². The summed E-state index contributed by atoms with van der Waals surface area (Å²) < 4.78 is 0. The number of thiazole rings is 1. The monoisotopic (exact) mass is 302 g/mol. The average Bonchev–Trinajstić information content (AvgIpc) is 3.07. The summed E-state index contributed by atoms with van der Waals surface area (Å²) in [7, 11) is 0. The number of aromatic hydroxyl groups is 1. The molecule has 4 nitrogen and oxygen atoms in total. The van der Waals surface area contributed by atoms with Gasteiger partial charge in [-0.05, 0) is 30.0 Å². The fourth-order valence-corrected chi connectivity index (χ4v) is 3.49. The molecule has 5 heteroatoms. The molecule has 1 heterocycles. The Bertz CT molecular complexity index is 679. The molecule has 2 N–H and O–H groups in total. The van der Waals surface area contributed by atoms with Crippen LogP contribution in [0.1, 0.15) is 58.9 Å². The van der Waals surface area contributed by atoms with Crippen molar-refractivity contribution in [3.8, 4) is 5.75 Å². The minimum absolute atomic E-state index is 0.0381. The van der Waals surface area contributed by atoms with E-state index in [1.807, 2.05) is 17.5 Å². The summed E-state index contributed by atoms with van der Waals surface area (Å²) in [6, 6.07) is 5.44. The van der Waals surface area contributed by atoms with Crippen molar-refractivity contribution in [3.05, 3.63) is 45.4 Å². The highest BCUT2D eigenvalue weighted by molar-refractivity contribution is 7.09. The SMILES string of the molecule is CC(C)c1nc(C(=O)NC2CCc3c(O)cccc32)cs1. The summed E-state index contributed by atoms with van der Waals surface area (Å²) in [5.41, 5.74) is 2.45. The number of amides is 1. The molecule has 0 bridgehead atoms. The number of nitrogens with zero attached hydrogens (tertiary/aromatic N) is 1. The number of benzene rings is 1. The fraction of sp³-hybridized carbons (Fsp3) is 0.375. The summed E-state index contributed by atoms with van der Waals surface area (Å²) in [6.07, 6.45) is 1.61. The average molecular weight is 302 g/mol. The molecule has 0 saturated carbocycles. The lowest BCUT2D eigenvalue weighted by Gasteiger charge is -2.13. The Kier molecular flexibility index (Phi) is 3.68. The van der Waals surface area contributed by atoms with E-state index >= 15 is 0 Å². The number of carbonyl (C=O) groups excluding carboxylic acids is 1. The number of phenolic OH excluding ortho intramolecular Hbond substituents is 1. The highest BCUT2D eigenvalue weighted by Crippen LogP contribution is 2.36. The molecular formula is C16H18N2O2S. The predicted octanol–water partition coefficient (Wildman–Crippen LogP) is 3.39. The Balaban J connectivity index is 1.76. The maximum absolute atomic E-state index is 12.3. The van der Waals surface area contributed by atoms with Crippen molar-refractivity contribution in [1.29, 1.82) is 0 Å². The van der Waals surface area contributed by atoms with Crippen LogP contribution in [0, 0.1) is 0 Å². The van der Waals surface area contributed by atoms with Gasteiger partial charge in [0.2, 0.25) is 0 Å². The topological polar surface area (TPSA) is 62.2 Å². The van der Waals surface area contributed by atoms with Gasteiger partial charge in [0.05, 0.1) is 11.0 Å². The minimum atomic E-state index is -0.139. The molecule has 2 aromatic rings. The van der Waals surface area contributed by atoms with Crippen LogP contribution in [-0.4, -0.2) is 16.0 Å². The molecule has 0 spiro atoms. The van der Waals surface area contributed by atoms with Gasteiger partial charge in [-0.2, -0.15) is 0 Å². The van der Waals surface area contributed by atoms with E-state index in [1.54, 1.807) is 6.07 Å². The van der Waals surface area contributed by atoms with Crippen molar-refractivity contribution in [2.45, 2.75) is 38.6 Å². The largest absolute Gasteiger partial charge is 0.508 e. The van der Waals surface area contributed by atoms with Gasteiger partial charge in [-0.15, -0.1) is 11.3 Å². The van der Waals surface area contributed by atoms with E-state index < -0.39 is 0 Å². The number of phenols is 1. The molecule has 1 aliphatic rings. The Hall–Kier alpha value is -1.88. The third kappa shape index (κ3) is 2.65. The third-order valence-electron chi connectivity index (χ3n) is 3.80. The van der Waals surface area contributed by atoms with Crippen LogP contribution in [0.2, 0.25) is 0 Å². The van der Waals surface area contributed by atoms with E-state index in [4.69, 9.17) is 0 Å². The second kappa shape index (κ2) is 5.48. The number of hydrogen-bond donors (Lipinski definition) is 2. The Morgan fingerprint density at radius 3 is 3.00 bits per heavy atom. The van der Waals surface area contributed by atoms with Crippen molar-refractivity contribution in [3.63, 3.8) is 0 Å². The zero-order valence-electron chi connectivity index (χ0n) is 12.1. The maximum Gasteiger partial charge on any atom is 0.271 e. The molecule has 0 aliphatic heterocycles. The molecule has 0 saturated heterocycles. The van der Waals surface area contributed by atoms with Gasteiger partial charge in [-0.1, -0.05) is 26.0 Å². The summed E-state index contributed by atoms with van der Waals surface area (Å²) in [4.78, 5) is 16.7. The van der Waals surface area contributed by atoms with E-state index in [2.05, 4.69) is 24.1 Å². The van der Waals surface area contributed by atoms with Gasteiger partial charge in [0.1, 0.15) is 11.4 Å². The van der Waals surface area contributed by atoms with Gasteiger partial charge in [0.25, 0.3) is 5.91 Å². The van der Waals surface area contributed by atoms with Gasteiger partial charge in [0, 0.05) is 11.3 Å². The van der Waals surface area contributed by atoms with Crippen molar-refractivity contribution < 1.29 is 9.90 Å². The summed E-state index contributed by atoms with van der Waals surface area (Å²) >= 11 is 1.52. The summed E-state index contributed by atoms with van der Waals surface area (Å²) in [5.74, 6) is 0.514. The fourth-order valence-electron chi connectivity index (χ4n) is 2.67. The molecule has 3 rings (SSSR count). The first-order valence-corrected chi connectivity index (χ1v) is 8.01. The van der Waals surface area contributed by atoms with E-state index in [1.165, 1.54) is 11.3 Å². The van der Waals surface area contributed by atoms with Gasteiger partial charge in [-0.25, -0.2) is 4.98 Å². The second-order valence-corrected chi connectivity index (χ2v) is 6.53. The van der Waals surface area contributed by atoms with E-state index in [-0.39, 0.29) is 11.9 Å². The van der Waals surface area contributed by atoms with Crippen LogP contribution in [0.3, 0.4) is 0 Å². The highest BCUT2D eigenvalue weighted by atomic mass is 32.1. The first kappa shape index (κ1) is 14.1. The van der Waals surface area contributed by atoms with Gasteiger partial charge in [0.15, 0.2) is 0 Å². The van der Waals surface area contributed by atoms with Crippen LogP contribution < -0.4 is 5.32 Å². The Labute approximate surface area is 127 Å². The number of hydrogen-bond acceptors (Lipinski definition) is 4. The second-order valence-electron chi connectivity index (χ2n) is 5.64. The zero-order valence-corrected chi connectivity index (χ0v) is 12.9. The van der Waals surface area contributed by atoms with Crippen LogP contribution in [-0.2, 0) is 6.42 Å². The molecule has 0 fully saturated rings. The molecule has 1 aromatic carbocycles. The number of carbonyl (C=O) groups is 1. The van der Waals surface area contributed by atoms with Gasteiger partial charge in [-0.3, -0.25) is 4.79 Å². The standard InChI is InChI=1S/C16H18N2O2S/c1-9(2)16-18-13(8-21-16)15(20)17-12-7-6-11-10(12)4-3-5-14(11)19/h3-5,8-9,12,19H,6-7H2,1-2H3,(H,17,20). The number of fused-ring (bicyclic) bond motifs is 1. The molecule has 21 heavy (non-hydrogen) atoms. The Morgan fingerprint density at radius 1 is 1.48 bits per heavy atom. The van der Waals surface area contributed by atoms with E-state index in [0.717, 1.165) is 29.0 Å². The lowest BCUT2D eigenvalue weighted by atomic mass is 10.1. The predicted molar refractivity (Wildman–Crippen MR) is 82.8 cm³/mol. The Morgan fingerprint density at radius 2 is 2.29 bits per heavy atom. The van der Waals surface area contributed by atoms with Crippen LogP contribution in [0.15, 0.2) is 23.6 Å². The minimum Gasteiger partial charge on any atom is -0.508 e. The molecule has 1 aromatic heterocycles. The van der Waals surface area contributed by atoms with Crippen molar-refractivity contribution in [1.82, 2.24) is 10.3 Å². The lowest BCUT2D eigenvalue weighted by molar-refractivity contribution is 0.0932. The highest BCUT2D eigenvalue weighted by Gasteiger charge is 2.26. The third-order valence-corrected chi connectivity index (χ3v) is 4.95. The van der Waals surface area contributed by atoms with Crippen molar-refractivity contribution >= 4 is 17.2 Å². The molecule has 110 valence electrons. The molecule has 1 aliphatic carbocycles. The molecule has 1 atom stereocenters. The molecule has 0 radical (unpaired) electrons. The molecule has 1 unspecified atom stereocenters. The number of rotatable bonds is 3. The van der Waals surface area contributed by atoms with Crippen molar-refractivity contribution in [2.24, 2.45) is 0 Å². The van der Waals surface area contributed by atoms with Crippen LogP contribution in [0.5, 0.6) is 5.75 Å². The zero-order chi connectivity index (χ0) is 15.0. The smallest absolute Gasteiger partial charge is 0.271 e. The van der Waals surface area contributed by atoms with Crippen LogP contribution >= 0.6 is 11.3 Å². The summed E-state index contributed by atoms with van der Waals surface area (Å²) in [5, 5.41) is 15.7. The summed E-state index contributed by atoms with van der Waals surface area (Å²) in [6.45, 7) is 4.13. The normalized spacial score (nSPS) is 17.0. The lowest BCUT2D eigenvalue weighted by Crippen LogP contribution is -2.27. The first-order valence-electron chi connectivity index (χ1n) is 7.13. The molecular weight excluding hydrogens is 284 g/mol. The van der Waals surface area contributed by atoms with Crippen molar-refractivity contribution in [2.75, 3.05) is 0 Å². The van der Waals surface area contributed by atoms with E-state index in [9.17, 15) is 9.90 Å². The maximum atomic E-state index is 12.3. The first-order chi connectivity index (χ1) is 10.1. The number of aromatic nitrogens is 1. The van der Waals surface area contributed by atoms with Crippen LogP contribution in [0.25, 0.3) is 0 Å². The van der Waals surface area contributed by atoms with E-state index in [0.29, 0.717) is 17.4 Å².